The summed E-state index contributed by atoms with van der Waals surface area (Å²) in [4.78, 5) is 25.5. The highest BCUT2D eigenvalue weighted by molar-refractivity contribution is 8.00. The molecule has 0 bridgehead atoms. The zero-order valence-electron chi connectivity index (χ0n) is 13.7. The Bertz CT molecular complexity index is 740. The summed E-state index contributed by atoms with van der Waals surface area (Å²) in [5.74, 6) is -0.349. The van der Waals surface area contributed by atoms with Gasteiger partial charge in [0.2, 0.25) is 11.8 Å². The first kappa shape index (κ1) is 19.3. The third kappa shape index (κ3) is 6.40. The maximum Gasteiger partial charge on any atom is 0.234 e. The van der Waals surface area contributed by atoms with Gasteiger partial charge in [-0.15, -0.1) is 11.8 Å². The average molecular weight is 381 g/mol. The summed E-state index contributed by atoms with van der Waals surface area (Å²) < 4.78 is 12.8. The monoisotopic (exact) mass is 380 g/mol. The molecule has 0 radical (unpaired) electrons. The van der Waals surface area contributed by atoms with Crippen molar-refractivity contribution >= 4 is 40.9 Å². The van der Waals surface area contributed by atoms with E-state index in [1.807, 2.05) is 18.2 Å². The van der Waals surface area contributed by atoms with E-state index in [0.29, 0.717) is 17.3 Å². The van der Waals surface area contributed by atoms with Crippen molar-refractivity contribution in [1.82, 2.24) is 4.90 Å². The number of thioether (sulfide) groups is 1. The van der Waals surface area contributed by atoms with Crippen LogP contribution in [0.5, 0.6) is 0 Å². The summed E-state index contributed by atoms with van der Waals surface area (Å²) in [6, 6.07) is 12.9. The molecule has 0 fully saturated rings. The normalized spacial score (nSPS) is 10.4. The van der Waals surface area contributed by atoms with Crippen LogP contribution in [-0.4, -0.2) is 35.3 Å². The Kier molecular flexibility index (Phi) is 7.28. The van der Waals surface area contributed by atoms with E-state index in [9.17, 15) is 14.0 Å². The third-order valence-corrected chi connectivity index (χ3v) is 4.66. The molecule has 2 amide bonds. The summed E-state index contributed by atoms with van der Waals surface area (Å²) >= 11 is 7.31. The van der Waals surface area contributed by atoms with Gasteiger partial charge in [-0.25, -0.2) is 4.39 Å². The molecule has 0 spiro atoms. The Morgan fingerprint density at radius 2 is 1.80 bits per heavy atom. The number of nitrogens with one attached hydrogen (secondary N) is 1. The Hall–Kier alpha value is -2.05. The molecule has 0 atom stereocenters. The first-order valence-corrected chi connectivity index (χ1v) is 9.09. The van der Waals surface area contributed by atoms with Crippen molar-refractivity contribution < 1.29 is 14.0 Å². The number of nitrogens with zero attached hydrogens (tertiary/aromatic N) is 1. The topological polar surface area (TPSA) is 49.4 Å². The molecule has 0 saturated heterocycles. The SMILES string of the molecule is CN(Cc1ccccc1Cl)C(=O)CSCC(=O)Nc1ccc(F)cc1. The van der Waals surface area contributed by atoms with E-state index >= 15 is 0 Å². The predicted octanol–water partition coefficient (Wildman–Crippen LogP) is 3.81. The van der Waals surface area contributed by atoms with Crippen LogP contribution in [0.2, 0.25) is 5.02 Å². The van der Waals surface area contributed by atoms with Gasteiger partial charge < -0.3 is 10.2 Å². The second kappa shape index (κ2) is 9.44. The van der Waals surface area contributed by atoms with E-state index < -0.39 is 0 Å². The maximum atomic E-state index is 12.8. The van der Waals surface area contributed by atoms with E-state index in [1.54, 1.807) is 18.0 Å². The minimum atomic E-state index is -0.362. The Morgan fingerprint density at radius 1 is 1.12 bits per heavy atom. The van der Waals surface area contributed by atoms with Crippen LogP contribution in [0.3, 0.4) is 0 Å². The van der Waals surface area contributed by atoms with Gasteiger partial charge in [-0.1, -0.05) is 29.8 Å². The van der Waals surface area contributed by atoms with Gasteiger partial charge in [0.15, 0.2) is 0 Å². The fourth-order valence-corrected chi connectivity index (χ4v) is 2.99. The summed E-state index contributed by atoms with van der Waals surface area (Å²) in [5.41, 5.74) is 1.40. The van der Waals surface area contributed by atoms with E-state index in [2.05, 4.69) is 5.32 Å². The molecule has 7 heteroatoms. The number of hydrogen-bond acceptors (Lipinski definition) is 3. The Morgan fingerprint density at radius 3 is 2.48 bits per heavy atom. The number of benzene rings is 2. The lowest BCUT2D eigenvalue weighted by Gasteiger charge is -2.17. The lowest BCUT2D eigenvalue weighted by Crippen LogP contribution is -2.28. The highest BCUT2D eigenvalue weighted by Gasteiger charge is 2.12. The van der Waals surface area contributed by atoms with E-state index in [4.69, 9.17) is 11.6 Å². The van der Waals surface area contributed by atoms with Crippen LogP contribution in [0.25, 0.3) is 0 Å². The van der Waals surface area contributed by atoms with Crippen molar-refractivity contribution in [2.24, 2.45) is 0 Å². The summed E-state index contributed by atoms with van der Waals surface area (Å²) in [6.07, 6.45) is 0. The molecule has 0 heterocycles. The van der Waals surface area contributed by atoms with Gasteiger partial charge >= 0.3 is 0 Å². The van der Waals surface area contributed by atoms with Crippen LogP contribution in [0, 0.1) is 5.82 Å². The maximum absolute atomic E-state index is 12.8. The van der Waals surface area contributed by atoms with Gasteiger partial charge in [-0.2, -0.15) is 0 Å². The highest BCUT2D eigenvalue weighted by Crippen LogP contribution is 2.17. The molecule has 1 N–H and O–H groups in total. The largest absolute Gasteiger partial charge is 0.341 e. The van der Waals surface area contributed by atoms with E-state index in [-0.39, 0.29) is 29.1 Å². The average Bonchev–Trinajstić information content (AvgIpc) is 2.59. The fraction of sp³-hybridized carbons (Fsp3) is 0.222. The lowest BCUT2D eigenvalue weighted by molar-refractivity contribution is -0.127. The van der Waals surface area contributed by atoms with Gasteiger partial charge in [-0.3, -0.25) is 9.59 Å². The van der Waals surface area contributed by atoms with E-state index in [0.717, 1.165) is 5.56 Å². The standard InChI is InChI=1S/C18H18ClFN2O2S/c1-22(10-13-4-2-3-5-16(13)19)18(24)12-25-11-17(23)21-15-8-6-14(20)7-9-15/h2-9H,10-12H2,1H3,(H,21,23). The fourth-order valence-electron chi connectivity index (χ4n) is 2.04. The van der Waals surface area contributed by atoms with Crippen LogP contribution < -0.4 is 5.32 Å². The molecule has 0 aliphatic rings. The third-order valence-electron chi connectivity index (χ3n) is 3.38. The zero-order chi connectivity index (χ0) is 18.2. The van der Waals surface area contributed by atoms with Gasteiger partial charge in [0.05, 0.1) is 11.5 Å². The first-order chi connectivity index (χ1) is 12.0. The molecule has 132 valence electrons. The summed E-state index contributed by atoms with van der Waals surface area (Å²) in [6.45, 7) is 0.418. The van der Waals surface area contributed by atoms with Crippen molar-refractivity contribution in [3.05, 3.63) is 64.9 Å². The minimum Gasteiger partial charge on any atom is -0.341 e. The number of rotatable bonds is 7. The summed E-state index contributed by atoms with van der Waals surface area (Å²) in [7, 11) is 1.70. The Labute approximate surface area is 155 Å². The first-order valence-electron chi connectivity index (χ1n) is 7.56. The second-order valence-corrected chi connectivity index (χ2v) is 6.78. The second-order valence-electron chi connectivity index (χ2n) is 5.39. The molecule has 0 saturated carbocycles. The number of halogens is 2. The number of hydrogen-bond donors (Lipinski definition) is 1. The van der Waals surface area contributed by atoms with Crippen LogP contribution in [0.15, 0.2) is 48.5 Å². The molecular weight excluding hydrogens is 363 g/mol. The smallest absolute Gasteiger partial charge is 0.234 e. The minimum absolute atomic E-state index is 0.0838. The van der Waals surface area contributed by atoms with E-state index in [1.165, 1.54) is 36.0 Å². The van der Waals surface area contributed by atoms with Crippen molar-refractivity contribution in [2.45, 2.75) is 6.54 Å². The molecule has 2 aromatic carbocycles. The molecule has 0 unspecified atom stereocenters. The van der Waals surface area contributed by atoms with Crippen molar-refractivity contribution in [3.63, 3.8) is 0 Å². The molecule has 0 aliphatic carbocycles. The predicted molar refractivity (Wildman–Crippen MR) is 100 cm³/mol. The zero-order valence-corrected chi connectivity index (χ0v) is 15.2. The number of anilines is 1. The lowest BCUT2D eigenvalue weighted by atomic mass is 10.2. The molecule has 2 aromatic rings. The van der Waals surface area contributed by atoms with Gasteiger partial charge in [0, 0.05) is 24.3 Å². The van der Waals surface area contributed by atoms with Crippen LogP contribution in [0.1, 0.15) is 5.56 Å². The highest BCUT2D eigenvalue weighted by atomic mass is 35.5. The number of carbonyl (C=O) groups excluding carboxylic acids is 2. The van der Waals surface area contributed by atoms with Crippen LogP contribution >= 0.6 is 23.4 Å². The Balaban J connectivity index is 1.73. The van der Waals surface area contributed by atoms with Gasteiger partial charge in [0.1, 0.15) is 5.82 Å². The van der Waals surface area contributed by atoms with Crippen molar-refractivity contribution in [1.29, 1.82) is 0 Å². The van der Waals surface area contributed by atoms with Crippen LogP contribution in [0.4, 0.5) is 10.1 Å². The number of amides is 2. The molecule has 0 aromatic heterocycles. The summed E-state index contributed by atoms with van der Waals surface area (Å²) in [5, 5.41) is 3.27. The molecule has 2 rings (SSSR count). The number of carbonyl (C=O) groups is 2. The van der Waals surface area contributed by atoms with Gasteiger partial charge in [0.25, 0.3) is 0 Å². The van der Waals surface area contributed by atoms with Crippen molar-refractivity contribution in [2.75, 3.05) is 23.9 Å². The molecule has 0 aliphatic heterocycles. The molecule has 25 heavy (non-hydrogen) atoms. The van der Waals surface area contributed by atoms with Gasteiger partial charge in [-0.05, 0) is 35.9 Å². The molecular formula is C18H18ClFN2O2S. The quantitative estimate of drug-likeness (QED) is 0.794. The van der Waals surface area contributed by atoms with Crippen molar-refractivity contribution in [3.8, 4) is 0 Å². The van der Waals surface area contributed by atoms with Crippen LogP contribution in [-0.2, 0) is 16.1 Å². The molecule has 4 nitrogen and oxygen atoms in total.